The highest BCUT2D eigenvalue weighted by molar-refractivity contribution is 5.88. The SMILES string of the molecule is CCC1(C(=O)N2CCCCC2C(=O)OC)CCCNC1. The molecule has 5 nitrogen and oxygen atoms in total. The van der Waals surface area contributed by atoms with Gasteiger partial charge in [-0.2, -0.15) is 0 Å². The van der Waals surface area contributed by atoms with E-state index in [1.807, 2.05) is 0 Å². The van der Waals surface area contributed by atoms with E-state index < -0.39 is 0 Å². The first-order chi connectivity index (χ1) is 9.64. The Morgan fingerprint density at radius 2 is 2.15 bits per heavy atom. The summed E-state index contributed by atoms with van der Waals surface area (Å²) in [5, 5.41) is 3.34. The molecule has 0 aromatic heterocycles. The van der Waals surface area contributed by atoms with E-state index in [9.17, 15) is 9.59 Å². The zero-order valence-electron chi connectivity index (χ0n) is 12.6. The highest BCUT2D eigenvalue weighted by Crippen LogP contribution is 2.34. The molecule has 114 valence electrons. The minimum absolute atomic E-state index is 0.141. The lowest BCUT2D eigenvalue weighted by molar-refractivity contribution is -0.160. The number of nitrogens with zero attached hydrogens (tertiary/aromatic N) is 1. The number of rotatable bonds is 3. The fraction of sp³-hybridized carbons (Fsp3) is 0.867. The van der Waals surface area contributed by atoms with Gasteiger partial charge in [0.15, 0.2) is 0 Å². The van der Waals surface area contributed by atoms with Crippen molar-refractivity contribution in [2.75, 3.05) is 26.7 Å². The number of ether oxygens (including phenoxy) is 1. The van der Waals surface area contributed by atoms with Gasteiger partial charge in [-0.15, -0.1) is 0 Å². The Labute approximate surface area is 121 Å². The normalized spacial score (nSPS) is 30.9. The average molecular weight is 282 g/mol. The molecule has 2 heterocycles. The first kappa shape index (κ1) is 15.3. The molecule has 2 saturated heterocycles. The smallest absolute Gasteiger partial charge is 0.328 e. The molecule has 0 spiro atoms. The number of carbonyl (C=O) groups is 2. The van der Waals surface area contributed by atoms with Crippen molar-refractivity contribution in [3.8, 4) is 0 Å². The van der Waals surface area contributed by atoms with Gasteiger partial charge in [-0.05, 0) is 45.1 Å². The minimum Gasteiger partial charge on any atom is -0.467 e. The van der Waals surface area contributed by atoms with Crippen LogP contribution in [0.4, 0.5) is 0 Å². The van der Waals surface area contributed by atoms with Crippen LogP contribution in [0.2, 0.25) is 0 Å². The van der Waals surface area contributed by atoms with Crippen LogP contribution in [0.15, 0.2) is 0 Å². The van der Waals surface area contributed by atoms with Crippen LogP contribution in [0.25, 0.3) is 0 Å². The van der Waals surface area contributed by atoms with Crippen molar-refractivity contribution in [2.24, 2.45) is 5.41 Å². The summed E-state index contributed by atoms with van der Waals surface area (Å²) in [5.41, 5.74) is -0.331. The molecule has 0 aromatic rings. The van der Waals surface area contributed by atoms with Crippen molar-refractivity contribution in [1.82, 2.24) is 10.2 Å². The summed E-state index contributed by atoms with van der Waals surface area (Å²) >= 11 is 0. The Morgan fingerprint density at radius 3 is 2.75 bits per heavy atom. The quantitative estimate of drug-likeness (QED) is 0.793. The molecule has 2 atom stereocenters. The Balaban J connectivity index is 2.17. The third-order valence-electron chi connectivity index (χ3n) is 4.84. The predicted molar refractivity (Wildman–Crippen MR) is 76.2 cm³/mol. The van der Waals surface area contributed by atoms with Crippen LogP contribution < -0.4 is 5.32 Å². The van der Waals surface area contributed by atoms with Crippen molar-refractivity contribution in [1.29, 1.82) is 0 Å². The number of methoxy groups -OCH3 is 1. The number of hydrogen-bond acceptors (Lipinski definition) is 4. The second kappa shape index (κ2) is 6.57. The van der Waals surface area contributed by atoms with Gasteiger partial charge < -0.3 is 15.0 Å². The van der Waals surface area contributed by atoms with E-state index >= 15 is 0 Å². The molecular weight excluding hydrogens is 256 g/mol. The van der Waals surface area contributed by atoms with Crippen LogP contribution in [0, 0.1) is 5.41 Å². The lowest BCUT2D eigenvalue weighted by Gasteiger charge is -2.43. The Hall–Kier alpha value is -1.10. The highest BCUT2D eigenvalue weighted by atomic mass is 16.5. The van der Waals surface area contributed by atoms with Gasteiger partial charge in [-0.3, -0.25) is 4.79 Å². The Bertz CT molecular complexity index is 364. The average Bonchev–Trinajstić information content (AvgIpc) is 2.54. The van der Waals surface area contributed by atoms with E-state index in [-0.39, 0.29) is 23.3 Å². The number of hydrogen-bond donors (Lipinski definition) is 1. The zero-order chi connectivity index (χ0) is 14.6. The number of nitrogens with one attached hydrogen (secondary N) is 1. The molecule has 0 aliphatic carbocycles. The summed E-state index contributed by atoms with van der Waals surface area (Å²) in [7, 11) is 1.40. The highest BCUT2D eigenvalue weighted by Gasteiger charge is 2.44. The van der Waals surface area contributed by atoms with Crippen molar-refractivity contribution >= 4 is 11.9 Å². The number of amides is 1. The van der Waals surface area contributed by atoms with Crippen molar-refractivity contribution in [2.45, 2.75) is 51.5 Å². The summed E-state index contributed by atoms with van der Waals surface area (Å²) in [5.74, 6) is -0.129. The lowest BCUT2D eigenvalue weighted by atomic mass is 9.76. The molecular formula is C15H26N2O3. The topological polar surface area (TPSA) is 58.6 Å². The number of carbonyl (C=O) groups excluding carboxylic acids is 2. The van der Waals surface area contributed by atoms with Gasteiger partial charge in [0.25, 0.3) is 0 Å². The largest absolute Gasteiger partial charge is 0.467 e. The van der Waals surface area contributed by atoms with Gasteiger partial charge >= 0.3 is 5.97 Å². The fourth-order valence-electron chi connectivity index (χ4n) is 3.46. The third-order valence-corrected chi connectivity index (χ3v) is 4.84. The van der Waals surface area contributed by atoms with Gasteiger partial charge in [0.05, 0.1) is 12.5 Å². The van der Waals surface area contributed by atoms with Gasteiger partial charge in [0.1, 0.15) is 6.04 Å². The van der Waals surface area contributed by atoms with E-state index in [2.05, 4.69) is 12.2 Å². The molecule has 0 aromatic carbocycles. The van der Waals surface area contributed by atoms with E-state index in [1.54, 1.807) is 4.90 Å². The first-order valence-electron chi connectivity index (χ1n) is 7.74. The monoisotopic (exact) mass is 282 g/mol. The van der Waals surface area contributed by atoms with Crippen molar-refractivity contribution < 1.29 is 14.3 Å². The minimum atomic E-state index is -0.383. The molecule has 1 N–H and O–H groups in total. The molecule has 0 radical (unpaired) electrons. The molecule has 2 fully saturated rings. The second-order valence-corrected chi connectivity index (χ2v) is 5.95. The molecule has 5 heteroatoms. The molecule has 2 unspecified atom stereocenters. The van der Waals surface area contributed by atoms with Crippen LogP contribution in [-0.4, -0.2) is 49.6 Å². The van der Waals surface area contributed by atoms with E-state index in [0.717, 1.165) is 51.6 Å². The Morgan fingerprint density at radius 1 is 1.35 bits per heavy atom. The standard InChI is InChI=1S/C15H26N2O3/c1-3-15(8-6-9-16-11-15)14(19)17-10-5-4-7-12(17)13(18)20-2/h12,16H,3-11H2,1-2H3. The van der Waals surface area contributed by atoms with Crippen LogP contribution >= 0.6 is 0 Å². The molecule has 0 bridgehead atoms. The summed E-state index contributed by atoms with van der Waals surface area (Å²) < 4.78 is 4.88. The van der Waals surface area contributed by atoms with Gasteiger partial charge in [-0.1, -0.05) is 6.92 Å². The first-order valence-corrected chi connectivity index (χ1v) is 7.74. The number of likely N-dealkylation sites (tertiary alicyclic amines) is 1. The van der Waals surface area contributed by atoms with Gasteiger partial charge in [0.2, 0.25) is 5.91 Å². The summed E-state index contributed by atoms with van der Waals surface area (Å²) in [4.78, 5) is 26.7. The van der Waals surface area contributed by atoms with E-state index in [0.29, 0.717) is 6.54 Å². The summed E-state index contributed by atoms with van der Waals surface area (Å²) in [6.45, 7) is 4.46. The fourth-order valence-corrected chi connectivity index (χ4v) is 3.46. The van der Waals surface area contributed by atoms with Crippen molar-refractivity contribution in [3.63, 3.8) is 0 Å². The molecule has 1 amide bonds. The lowest BCUT2D eigenvalue weighted by Crippen LogP contribution is -2.57. The summed E-state index contributed by atoms with van der Waals surface area (Å²) in [6.07, 6.45) is 5.46. The predicted octanol–water partition coefficient (Wildman–Crippen LogP) is 1.32. The maximum atomic E-state index is 13.0. The summed E-state index contributed by atoms with van der Waals surface area (Å²) in [6, 6.07) is -0.383. The van der Waals surface area contributed by atoms with E-state index in [4.69, 9.17) is 4.74 Å². The van der Waals surface area contributed by atoms with Crippen LogP contribution in [0.3, 0.4) is 0 Å². The van der Waals surface area contributed by atoms with Gasteiger partial charge in [-0.25, -0.2) is 4.79 Å². The molecule has 2 rings (SSSR count). The molecule has 0 saturated carbocycles. The van der Waals surface area contributed by atoms with Crippen LogP contribution in [0.5, 0.6) is 0 Å². The molecule has 20 heavy (non-hydrogen) atoms. The number of esters is 1. The van der Waals surface area contributed by atoms with Crippen LogP contribution in [-0.2, 0) is 14.3 Å². The van der Waals surface area contributed by atoms with Crippen LogP contribution in [0.1, 0.15) is 45.4 Å². The Kier molecular flexibility index (Phi) is 5.02. The third kappa shape index (κ3) is 2.82. The zero-order valence-corrected chi connectivity index (χ0v) is 12.6. The maximum Gasteiger partial charge on any atom is 0.328 e. The second-order valence-electron chi connectivity index (χ2n) is 5.95. The van der Waals surface area contributed by atoms with Crippen molar-refractivity contribution in [3.05, 3.63) is 0 Å². The molecule has 2 aliphatic heterocycles. The van der Waals surface area contributed by atoms with Gasteiger partial charge in [0, 0.05) is 13.1 Å². The molecule has 2 aliphatic rings. The maximum absolute atomic E-state index is 13.0. The van der Waals surface area contributed by atoms with E-state index in [1.165, 1.54) is 7.11 Å². The number of piperidine rings is 2.